The zero-order valence-electron chi connectivity index (χ0n) is 16.2. The summed E-state index contributed by atoms with van der Waals surface area (Å²) >= 11 is 0. The maximum absolute atomic E-state index is 13.3. The number of fused-ring (bicyclic) bond motifs is 1. The third kappa shape index (κ3) is 4.22. The van der Waals surface area contributed by atoms with Gasteiger partial charge in [-0.15, -0.1) is 0 Å². The minimum absolute atomic E-state index is 0.00135. The van der Waals surface area contributed by atoms with E-state index in [0.717, 1.165) is 29.8 Å². The Balaban J connectivity index is 1.81. The highest BCUT2D eigenvalue weighted by atomic mass is 32.2. The number of nitriles is 1. The van der Waals surface area contributed by atoms with Crippen LogP contribution in [0, 0.1) is 17.1 Å². The van der Waals surface area contributed by atoms with Gasteiger partial charge in [0.15, 0.2) is 11.1 Å². The molecule has 0 saturated carbocycles. The normalized spacial score (nSPS) is 12.3. The summed E-state index contributed by atoms with van der Waals surface area (Å²) in [6, 6.07) is 22.7. The average molecular weight is 432 g/mol. The molecule has 1 heterocycles. The van der Waals surface area contributed by atoms with Crippen LogP contribution in [0.25, 0.3) is 11.0 Å². The van der Waals surface area contributed by atoms with Crippen LogP contribution in [0.4, 0.5) is 10.2 Å². The Kier molecular flexibility index (Phi) is 5.60. The first-order valence-corrected chi connectivity index (χ1v) is 11.0. The van der Waals surface area contributed by atoms with Gasteiger partial charge in [0.1, 0.15) is 11.5 Å². The van der Waals surface area contributed by atoms with Gasteiger partial charge in [-0.05, 0) is 42.0 Å². The number of sulfone groups is 1. The number of anilines is 1. The fourth-order valence-corrected chi connectivity index (χ4v) is 4.53. The van der Waals surface area contributed by atoms with E-state index in [1.165, 1.54) is 0 Å². The summed E-state index contributed by atoms with van der Waals surface area (Å²) in [6.07, 6.45) is 0. The van der Waals surface area contributed by atoms with Crippen molar-refractivity contribution in [3.63, 3.8) is 0 Å². The van der Waals surface area contributed by atoms with Crippen LogP contribution >= 0.6 is 0 Å². The lowest BCUT2D eigenvalue weighted by Gasteiger charge is -2.16. The highest BCUT2D eigenvalue weighted by Crippen LogP contribution is 2.32. The first-order chi connectivity index (χ1) is 15.0. The highest BCUT2D eigenvalue weighted by Gasteiger charge is 2.33. The van der Waals surface area contributed by atoms with Gasteiger partial charge in [0, 0.05) is 6.54 Å². The van der Waals surface area contributed by atoms with Gasteiger partial charge in [-0.25, -0.2) is 22.8 Å². The van der Waals surface area contributed by atoms with Gasteiger partial charge in [0.05, 0.1) is 22.0 Å². The van der Waals surface area contributed by atoms with E-state index in [1.54, 1.807) is 24.3 Å². The maximum Gasteiger partial charge on any atom is 0.200 e. The van der Waals surface area contributed by atoms with Crippen molar-refractivity contribution in [1.29, 1.82) is 5.26 Å². The number of nitrogens with zero attached hydrogens (tertiary/aromatic N) is 3. The van der Waals surface area contributed by atoms with Crippen molar-refractivity contribution in [3.05, 3.63) is 95.9 Å². The second-order valence-electron chi connectivity index (χ2n) is 6.79. The van der Waals surface area contributed by atoms with Crippen molar-refractivity contribution >= 4 is 26.7 Å². The summed E-state index contributed by atoms with van der Waals surface area (Å²) in [5, 5.41) is 11.3. The Hall–Kier alpha value is -3.83. The second-order valence-corrected chi connectivity index (χ2v) is 8.83. The van der Waals surface area contributed by atoms with Gasteiger partial charge in [0.2, 0.25) is 9.84 Å². The van der Waals surface area contributed by atoms with Crippen LogP contribution in [0.5, 0.6) is 0 Å². The van der Waals surface area contributed by atoms with E-state index in [0.29, 0.717) is 17.6 Å². The number of nitrogens with one attached hydrogen (secondary N) is 1. The van der Waals surface area contributed by atoms with Gasteiger partial charge >= 0.3 is 0 Å². The number of aromatic nitrogens is 2. The van der Waals surface area contributed by atoms with E-state index < -0.39 is 20.9 Å². The molecule has 0 aliphatic rings. The smallest absolute Gasteiger partial charge is 0.200 e. The molecule has 0 saturated heterocycles. The SMILES string of the molecule is N#C[C@@H](c1nc2ccccc2nc1NCc1ccccc1)S(=O)(=O)c1ccc(F)cc1. The lowest BCUT2D eigenvalue weighted by molar-refractivity contribution is 0.589. The first kappa shape index (κ1) is 20.4. The molecule has 0 spiro atoms. The molecule has 3 aromatic carbocycles. The van der Waals surface area contributed by atoms with Crippen molar-refractivity contribution in [2.75, 3.05) is 5.32 Å². The molecule has 4 aromatic rings. The van der Waals surface area contributed by atoms with Crippen LogP contribution in [0.1, 0.15) is 16.5 Å². The van der Waals surface area contributed by atoms with E-state index in [9.17, 15) is 18.1 Å². The summed E-state index contributed by atoms with van der Waals surface area (Å²) in [7, 11) is -4.17. The van der Waals surface area contributed by atoms with Crippen molar-refractivity contribution < 1.29 is 12.8 Å². The average Bonchev–Trinajstić information content (AvgIpc) is 2.79. The lowest BCUT2D eigenvalue weighted by atomic mass is 10.2. The monoisotopic (exact) mass is 432 g/mol. The first-order valence-electron chi connectivity index (χ1n) is 9.42. The van der Waals surface area contributed by atoms with Crippen molar-refractivity contribution in [3.8, 4) is 6.07 Å². The Morgan fingerprint density at radius 3 is 2.16 bits per heavy atom. The molecule has 1 atom stereocenters. The molecule has 0 unspecified atom stereocenters. The van der Waals surface area contributed by atoms with E-state index >= 15 is 0 Å². The predicted octanol–water partition coefficient (Wildman–Crippen LogP) is 4.42. The van der Waals surface area contributed by atoms with Crippen molar-refractivity contribution in [1.82, 2.24) is 9.97 Å². The predicted molar refractivity (Wildman–Crippen MR) is 115 cm³/mol. The molecule has 4 rings (SSSR count). The van der Waals surface area contributed by atoms with Crippen molar-refractivity contribution in [2.24, 2.45) is 0 Å². The van der Waals surface area contributed by atoms with Crippen LogP contribution in [0.2, 0.25) is 0 Å². The van der Waals surface area contributed by atoms with E-state index in [4.69, 9.17) is 0 Å². The van der Waals surface area contributed by atoms with Gasteiger partial charge in [-0.1, -0.05) is 42.5 Å². The van der Waals surface area contributed by atoms with E-state index in [2.05, 4.69) is 15.3 Å². The van der Waals surface area contributed by atoms with Gasteiger partial charge in [0.25, 0.3) is 0 Å². The fourth-order valence-electron chi connectivity index (χ4n) is 3.15. The number of rotatable bonds is 6. The molecule has 31 heavy (non-hydrogen) atoms. The van der Waals surface area contributed by atoms with Crippen LogP contribution in [-0.4, -0.2) is 18.4 Å². The molecule has 154 valence electrons. The minimum Gasteiger partial charge on any atom is -0.364 e. The molecule has 1 aromatic heterocycles. The Morgan fingerprint density at radius 1 is 0.903 bits per heavy atom. The number of hydrogen-bond donors (Lipinski definition) is 1. The van der Waals surface area contributed by atoms with Crippen LogP contribution < -0.4 is 5.32 Å². The van der Waals surface area contributed by atoms with E-state index in [-0.39, 0.29) is 16.4 Å². The van der Waals surface area contributed by atoms with Crippen LogP contribution in [0.15, 0.2) is 83.8 Å². The number of benzene rings is 3. The van der Waals surface area contributed by atoms with Crippen LogP contribution in [-0.2, 0) is 16.4 Å². The molecule has 0 bridgehead atoms. The van der Waals surface area contributed by atoms with Crippen LogP contribution in [0.3, 0.4) is 0 Å². The Bertz CT molecular complexity index is 1370. The standard InChI is InChI=1S/C23H17FN4O2S/c24-17-10-12-18(13-11-17)31(29,30)21(14-25)22-23(26-15-16-6-2-1-3-7-16)28-20-9-5-4-8-19(20)27-22/h1-13,21H,15H2,(H,26,28)/t21-/m0/s1. The summed E-state index contributed by atoms with van der Waals surface area (Å²) in [5.41, 5.74) is 2.00. The molecule has 0 aliphatic carbocycles. The topological polar surface area (TPSA) is 95.7 Å². The number of hydrogen-bond acceptors (Lipinski definition) is 6. The van der Waals surface area contributed by atoms with Gasteiger partial charge < -0.3 is 5.32 Å². The molecule has 0 amide bonds. The zero-order valence-corrected chi connectivity index (χ0v) is 17.1. The summed E-state index contributed by atoms with van der Waals surface area (Å²) in [5.74, 6) is -0.358. The third-order valence-corrected chi connectivity index (χ3v) is 6.60. The van der Waals surface area contributed by atoms with Crippen molar-refractivity contribution in [2.45, 2.75) is 16.7 Å². The number of para-hydroxylation sites is 2. The summed E-state index contributed by atoms with van der Waals surface area (Å²) in [6.45, 7) is 0.371. The Morgan fingerprint density at radius 2 is 1.52 bits per heavy atom. The summed E-state index contributed by atoms with van der Waals surface area (Å²) in [4.78, 5) is 8.84. The third-order valence-electron chi connectivity index (χ3n) is 4.72. The molecule has 0 fully saturated rings. The largest absolute Gasteiger partial charge is 0.364 e. The van der Waals surface area contributed by atoms with Gasteiger partial charge in [-0.2, -0.15) is 5.26 Å². The Labute approximate surface area is 178 Å². The van der Waals surface area contributed by atoms with Gasteiger partial charge in [-0.3, -0.25) is 0 Å². The highest BCUT2D eigenvalue weighted by molar-refractivity contribution is 7.92. The molecule has 8 heteroatoms. The zero-order chi connectivity index (χ0) is 21.8. The molecule has 0 aliphatic heterocycles. The molecular formula is C23H17FN4O2S. The fraction of sp³-hybridized carbons (Fsp3) is 0.0870. The molecule has 6 nitrogen and oxygen atoms in total. The maximum atomic E-state index is 13.3. The summed E-state index contributed by atoms with van der Waals surface area (Å²) < 4.78 is 39.7. The lowest BCUT2D eigenvalue weighted by Crippen LogP contribution is -2.17. The van der Waals surface area contributed by atoms with E-state index in [1.807, 2.05) is 36.4 Å². The quantitative estimate of drug-likeness (QED) is 0.453. The molecule has 1 N–H and O–H groups in total. The number of halogens is 1. The second kappa shape index (κ2) is 8.50. The molecule has 0 radical (unpaired) electrons. The minimum atomic E-state index is -4.17. The molecular weight excluding hydrogens is 415 g/mol.